The van der Waals surface area contributed by atoms with Gasteiger partial charge in [0.15, 0.2) is 5.76 Å². The first kappa shape index (κ1) is 17.6. The molecule has 0 fully saturated rings. The summed E-state index contributed by atoms with van der Waals surface area (Å²) in [5, 5.41) is 10.6. The van der Waals surface area contributed by atoms with Gasteiger partial charge in [-0.05, 0) is 48.4 Å². The van der Waals surface area contributed by atoms with E-state index in [2.05, 4.69) is 0 Å². The van der Waals surface area contributed by atoms with Gasteiger partial charge in [-0.2, -0.15) is 0 Å². The van der Waals surface area contributed by atoms with E-state index in [9.17, 15) is 9.90 Å². The molecule has 1 heterocycles. The summed E-state index contributed by atoms with van der Waals surface area (Å²) in [6.45, 7) is 4.09. The summed E-state index contributed by atoms with van der Waals surface area (Å²) < 4.78 is 16.5. The molecule has 0 bridgehead atoms. The Bertz CT molecular complexity index is 997. The molecule has 0 aliphatic carbocycles. The lowest BCUT2D eigenvalue weighted by Crippen LogP contribution is -2.02. The van der Waals surface area contributed by atoms with Gasteiger partial charge in [-0.3, -0.25) is 4.79 Å². The standard InChI is InChI=1S/C21H20O5/c1-13(2)10-11-25-16-8-9-17-18(12-16)26-21(20(23)19(17)22)14-4-6-15(24-3)7-5-14/h4-13,23H,1-3H3. The summed E-state index contributed by atoms with van der Waals surface area (Å²) in [4.78, 5) is 12.5. The quantitative estimate of drug-likeness (QED) is 0.673. The number of methoxy groups -OCH3 is 1. The molecule has 1 N–H and O–H groups in total. The zero-order valence-electron chi connectivity index (χ0n) is 14.9. The Balaban J connectivity index is 2.06. The Morgan fingerprint density at radius 1 is 1.08 bits per heavy atom. The molecule has 0 radical (unpaired) electrons. The summed E-state index contributed by atoms with van der Waals surface area (Å²) in [5.41, 5.74) is 0.434. The Hall–Kier alpha value is -3.21. The molecule has 5 heteroatoms. The van der Waals surface area contributed by atoms with Gasteiger partial charge >= 0.3 is 0 Å². The van der Waals surface area contributed by atoms with Crippen LogP contribution < -0.4 is 14.9 Å². The van der Waals surface area contributed by atoms with Crippen molar-refractivity contribution in [2.75, 3.05) is 7.11 Å². The van der Waals surface area contributed by atoms with Crippen LogP contribution in [0.3, 0.4) is 0 Å². The number of aromatic hydroxyl groups is 1. The van der Waals surface area contributed by atoms with Gasteiger partial charge in [0.05, 0.1) is 18.8 Å². The Morgan fingerprint density at radius 3 is 2.42 bits per heavy atom. The highest BCUT2D eigenvalue weighted by Crippen LogP contribution is 2.32. The minimum Gasteiger partial charge on any atom is -0.502 e. The van der Waals surface area contributed by atoms with Crippen molar-refractivity contribution >= 4 is 11.0 Å². The molecule has 26 heavy (non-hydrogen) atoms. The number of benzene rings is 2. The molecular formula is C21H20O5. The lowest BCUT2D eigenvalue weighted by molar-refractivity contribution is 0.414. The average Bonchev–Trinajstić information content (AvgIpc) is 2.64. The van der Waals surface area contributed by atoms with Gasteiger partial charge in [-0.1, -0.05) is 13.8 Å². The van der Waals surface area contributed by atoms with Crippen LogP contribution in [-0.4, -0.2) is 12.2 Å². The van der Waals surface area contributed by atoms with Crippen molar-refractivity contribution in [2.45, 2.75) is 13.8 Å². The van der Waals surface area contributed by atoms with Crippen molar-refractivity contribution in [3.8, 4) is 28.6 Å². The molecule has 0 saturated heterocycles. The number of ether oxygens (including phenoxy) is 2. The number of fused-ring (bicyclic) bond motifs is 1. The van der Waals surface area contributed by atoms with Gasteiger partial charge in [-0.15, -0.1) is 0 Å². The van der Waals surface area contributed by atoms with Gasteiger partial charge in [0, 0.05) is 11.6 Å². The number of hydrogen-bond acceptors (Lipinski definition) is 5. The summed E-state index contributed by atoms with van der Waals surface area (Å²) in [5.74, 6) is 1.27. The zero-order chi connectivity index (χ0) is 18.7. The molecule has 134 valence electrons. The minimum absolute atomic E-state index is 0.111. The first-order chi connectivity index (χ1) is 12.5. The van der Waals surface area contributed by atoms with Crippen LogP contribution in [0, 0.1) is 5.92 Å². The molecule has 0 unspecified atom stereocenters. The van der Waals surface area contributed by atoms with E-state index < -0.39 is 11.2 Å². The molecule has 3 aromatic rings. The molecule has 2 aromatic carbocycles. The molecule has 0 saturated carbocycles. The van der Waals surface area contributed by atoms with Crippen LogP contribution in [0.15, 0.2) is 64.0 Å². The maximum Gasteiger partial charge on any atom is 0.235 e. The van der Waals surface area contributed by atoms with Crippen molar-refractivity contribution in [2.24, 2.45) is 5.92 Å². The van der Waals surface area contributed by atoms with E-state index in [0.717, 1.165) is 0 Å². The number of allylic oxidation sites excluding steroid dienone is 1. The third kappa shape index (κ3) is 3.57. The predicted octanol–water partition coefficient (Wildman–Crippen LogP) is 4.72. The van der Waals surface area contributed by atoms with E-state index in [1.54, 1.807) is 55.8 Å². The Morgan fingerprint density at radius 2 is 1.77 bits per heavy atom. The molecule has 0 amide bonds. The average molecular weight is 352 g/mol. The molecule has 0 atom stereocenters. The second kappa shape index (κ2) is 7.35. The molecule has 3 rings (SSSR count). The maximum atomic E-state index is 12.5. The molecule has 0 aliphatic heterocycles. The summed E-state index contributed by atoms with van der Waals surface area (Å²) in [6.07, 6.45) is 3.52. The summed E-state index contributed by atoms with van der Waals surface area (Å²) in [6, 6.07) is 11.8. The van der Waals surface area contributed by atoms with E-state index in [1.807, 2.05) is 19.9 Å². The third-order valence-corrected chi connectivity index (χ3v) is 3.86. The van der Waals surface area contributed by atoms with Gasteiger partial charge in [-0.25, -0.2) is 0 Å². The van der Waals surface area contributed by atoms with E-state index in [4.69, 9.17) is 13.9 Å². The SMILES string of the molecule is COc1ccc(-c2oc3cc(OC=CC(C)C)ccc3c(=O)c2O)cc1. The van der Waals surface area contributed by atoms with E-state index in [-0.39, 0.29) is 5.76 Å². The first-order valence-electron chi connectivity index (χ1n) is 8.27. The highest BCUT2D eigenvalue weighted by Gasteiger charge is 2.16. The highest BCUT2D eigenvalue weighted by atomic mass is 16.5. The Labute approximate surface area is 151 Å². The van der Waals surface area contributed by atoms with Crippen LogP contribution in [0.25, 0.3) is 22.3 Å². The predicted molar refractivity (Wildman–Crippen MR) is 101 cm³/mol. The first-order valence-corrected chi connectivity index (χ1v) is 8.27. The summed E-state index contributed by atoms with van der Waals surface area (Å²) in [7, 11) is 1.57. The van der Waals surface area contributed by atoms with Crippen LogP contribution in [0.4, 0.5) is 0 Å². The minimum atomic E-state index is -0.485. The zero-order valence-corrected chi connectivity index (χ0v) is 14.9. The van der Waals surface area contributed by atoms with Gasteiger partial charge in [0.1, 0.15) is 17.1 Å². The normalized spacial score (nSPS) is 11.4. The van der Waals surface area contributed by atoms with Crippen LogP contribution in [-0.2, 0) is 0 Å². The van der Waals surface area contributed by atoms with Crippen LogP contribution in [0.2, 0.25) is 0 Å². The van der Waals surface area contributed by atoms with Gasteiger partial charge in [0.25, 0.3) is 0 Å². The second-order valence-corrected chi connectivity index (χ2v) is 6.19. The van der Waals surface area contributed by atoms with Crippen LogP contribution in [0.5, 0.6) is 17.2 Å². The molecule has 0 spiro atoms. The third-order valence-electron chi connectivity index (χ3n) is 3.86. The largest absolute Gasteiger partial charge is 0.502 e. The molecule has 0 aliphatic rings. The molecule has 1 aromatic heterocycles. The van der Waals surface area contributed by atoms with Crippen LogP contribution >= 0.6 is 0 Å². The second-order valence-electron chi connectivity index (χ2n) is 6.19. The molecular weight excluding hydrogens is 332 g/mol. The lowest BCUT2D eigenvalue weighted by atomic mass is 10.1. The van der Waals surface area contributed by atoms with Crippen LogP contribution in [0.1, 0.15) is 13.8 Å². The maximum absolute atomic E-state index is 12.5. The van der Waals surface area contributed by atoms with Crippen molar-refractivity contribution in [1.82, 2.24) is 0 Å². The lowest BCUT2D eigenvalue weighted by Gasteiger charge is -2.08. The van der Waals surface area contributed by atoms with Gasteiger partial charge in [0.2, 0.25) is 11.2 Å². The fraction of sp³-hybridized carbons (Fsp3) is 0.190. The monoisotopic (exact) mass is 352 g/mol. The molecule has 5 nitrogen and oxygen atoms in total. The van der Waals surface area contributed by atoms with Gasteiger partial charge < -0.3 is 19.0 Å². The highest BCUT2D eigenvalue weighted by molar-refractivity contribution is 5.83. The fourth-order valence-electron chi connectivity index (χ4n) is 2.45. The van der Waals surface area contributed by atoms with Crippen molar-refractivity contribution in [3.05, 3.63) is 65.0 Å². The topological polar surface area (TPSA) is 68.9 Å². The fourth-order valence-corrected chi connectivity index (χ4v) is 2.45. The van der Waals surface area contributed by atoms with E-state index in [0.29, 0.717) is 33.9 Å². The smallest absolute Gasteiger partial charge is 0.235 e. The Kier molecular flexibility index (Phi) is 4.98. The number of rotatable bonds is 5. The van der Waals surface area contributed by atoms with E-state index >= 15 is 0 Å². The van der Waals surface area contributed by atoms with Crippen molar-refractivity contribution in [3.63, 3.8) is 0 Å². The van der Waals surface area contributed by atoms with Crippen molar-refractivity contribution < 1.29 is 19.0 Å². The number of hydrogen-bond donors (Lipinski definition) is 1. The van der Waals surface area contributed by atoms with E-state index in [1.165, 1.54) is 0 Å². The van der Waals surface area contributed by atoms with Crippen molar-refractivity contribution in [1.29, 1.82) is 0 Å². The summed E-state index contributed by atoms with van der Waals surface area (Å²) >= 11 is 0.